The van der Waals surface area contributed by atoms with Gasteiger partial charge in [-0.3, -0.25) is 9.59 Å². The number of piperazine rings is 1. The first-order chi connectivity index (χ1) is 7.68. The van der Waals surface area contributed by atoms with Gasteiger partial charge in [-0.1, -0.05) is 0 Å². The summed E-state index contributed by atoms with van der Waals surface area (Å²) in [5.41, 5.74) is 0. The van der Waals surface area contributed by atoms with Crippen LogP contribution in [0.25, 0.3) is 0 Å². The summed E-state index contributed by atoms with van der Waals surface area (Å²) in [6.45, 7) is 3.18. The van der Waals surface area contributed by atoms with E-state index in [-0.39, 0.29) is 23.9 Å². The predicted molar refractivity (Wildman–Crippen MR) is 58.6 cm³/mol. The van der Waals surface area contributed by atoms with Gasteiger partial charge in [-0.2, -0.15) is 0 Å². The van der Waals surface area contributed by atoms with Crippen molar-refractivity contribution in [3.05, 3.63) is 0 Å². The van der Waals surface area contributed by atoms with Crippen LogP contribution in [-0.2, 0) is 9.59 Å². The van der Waals surface area contributed by atoms with Crippen molar-refractivity contribution in [1.82, 2.24) is 9.80 Å². The molecule has 4 heteroatoms. The Hall–Kier alpha value is -1.06. The van der Waals surface area contributed by atoms with E-state index < -0.39 is 0 Å². The predicted octanol–water partition coefficient (Wildman–Crippen LogP) is 0.618. The van der Waals surface area contributed by atoms with E-state index in [0.29, 0.717) is 12.5 Å². The summed E-state index contributed by atoms with van der Waals surface area (Å²) >= 11 is 0. The van der Waals surface area contributed by atoms with E-state index in [1.807, 2.05) is 4.90 Å². The largest absolute Gasteiger partial charge is 0.329 e. The van der Waals surface area contributed by atoms with Gasteiger partial charge in [0, 0.05) is 12.6 Å². The summed E-state index contributed by atoms with van der Waals surface area (Å²) in [7, 11) is 0. The van der Waals surface area contributed by atoms with E-state index in [1.165, 1.54) is 12.8 Å². The summed E-state index contributed by atoms with van der Waals surface area (Å²) in [5, 5.41) is 0. The van der Waals surface area contributed by atoms with Gasteiger partial charge < -0.3 is 9.80 Å². The third kappa shape index (κ3) is 1.43. The molecule has 0 bridgehead atoms. The Morgan fingerprint density at radius 3 is 2.69 bits per heavy atom. The maximum absolute atomic E-state index is 12.3. The normalized spacial score (nSPS) is 31.9. The maximum atomic E-state index is 12.3. The van der Waals surface area contributed by atoms with Gasteiger partial charge in [0.2, 0.25) is 11.8 Å². The fourth-order valence-corrected chi connectivity index (χ4v) is 3.01. The molecule has 3 fully saturated rings. The van der Waals surface area contributed by atoms with Crippen molar-refractivity contribution in [1.29, 1.82) is 0 Å². The Kier molecular flexibility index (Phi) is 2.19. The van der Waals surface area contributed by atoms with Crippen LogP contribution < -0.4 is 0 Å². The van der Waals surface area contributed by atoms with Crippen molar-refractivity contribution < 1.29 is 9.59 Å². The molecule has 0 spiro atoms. The van der Waals surface area contributed by atoms with Crippen LogP contribution >= 0.6 is 0 Å². The minimum Gasteiger partial charge on any atom is -0.329 e. The zero-order valence-corrected chi connectivity index (χ0v) is 9.69. The molecule has 2 amide bonds. The highest BCUT2D eigenvalue weighted by Gasteiger charge is 2.45. The quantitative estimate of drug-likeness (QED) is 0.687. The highest BCUT2D eigenvalue weighted by Crippen LogP contribution is 2.37. The highest BCUT2D eigenvalue weighted by molar-refractivity contribution is 5.95. The van der Waals surface area contributed by atoms with Crippen LogP contribution in [0.3, 0.4) is 0 Å². The lowest BCUT2D eigenvalue weighted by Gasteiger charge is -2.39. The van der Waals surface area contributed by atoms with E-state index in [9.17, 15) is 9.59 Å². The Morgan fingerprint density at radius 2 is 2.00 bits per heavy atom. The smallest absolute Gasteiger partial charge is 0.246 e. The molecule has 1 saturated carbocycles. The summed E-state index contributed by atoms with van der Waals surface area (Å²) in [6.07, 6.45) is 4.27. The molecule has 3 aliphatic rings. The number of nitrogens with zero attached hydrogens (tertiary/aromatic N) is 2. The van der Waals surface area contributed by atoms with E-state index in [2.05, 4.69) is 6.92 Å². The van der Waals surface area contributed by atoms with Crippen LogP contribution in [0.1, 0.15) is 32.6 Å². The topological polar surface area (TPSA) is 40.6 Å². The first-order valence-corrected chi connectivity index (χ1v) is 6.28. The second-order valence-corrected chi connectivity index (χ2v) is 5.29. The summed E-state index contributed by atoms with van der Waals surface area (Å²) in [6, 6.07) is 0.127. The van der Waals surface area contributed by atoms with Gasteiger partial charge in [-0.25, -0.2) is 0 Å². The van der Waals surface area contributed by atoms with Crippen LogP contribution in [0.4, 0.5) is 0 Å². The Balaban J connectivity index is 1.79. The number of carbonyl (C=O) groups is 2. The van der Waals surface area contributed by atoms with Gasteiger partial charge in [0.1, 0.15) is 12.6 Å². The van der Waals surface area contributed by atoms with Crippen molar-refractivity contribution in [3.8, 4) is 0 Å². The van der Waals surface area contributed by atoms with Crippen molar-refractivity contribution in [2.75, 3.05) is 13.1 Å². The molecule has 3 rings (SSSR count). The van der Waals surface area contributed by atoms with Crippen LogP contribution in [0.2, 0.25) is 0 Å². The Bertz CT molecular complexity index is 338. The molecule has 2 heterocycles. The second kappa shape index (κ2) is 3.47. The molecule has 4 nitrogen and oxygen atoms in total. The fraction of sp³-hybridized carbons (Fsp3) is 0.833. The number of rotatable bonds is 2. The average Bonchev–Trinajstić information content (AvgIpc) is 2.99. The Labute approximate surface area is 95.6 Å². The lowest BCUT2D eigenvalue weighted by molar-refractivity contribution is -0.155. The van der Waals surface area contributed by atoms with Crippen LogP contribution in [0, 0.1) is 5.92 Å². The number of amides is 2. The molecule has 0 aromatic carbocycles. The third-order valence-electron chi connectivity index (χ3n) is 4.24. The summed E-state index contributed by atoms with van der Waals surface area (Å²) in [4.78, 5) is 27.8. The summed E-state index contributed by atoms with van der Waals surface area (Å²) < 4.78 is 0. The molecule has 2 saturated heterocycles. The molecule has 0 N–H and O–H groups in total. The van der Waals surface area contributed by atoms with Gasteiger partial charge in [-0.15, -0.1) is 0 Å². The first kappa shape index (κ1) is 10.1. The molecular weight excluding hydrogens is 204 g/mol. The fourth-order valence-electron chi connectivity index (χ4n) is 3.01. The summed E-state index contributed by atoms with van der Waals surface area (Å²) in [5.74, 6) is 0.982. The van der Waals surface area contributed by atoms with Gasteiger partial charge in [0.25, 0.3) is 0 Å². The van der Waals surface area contributed by atoms with E-state index in [0.717, 1.165) is 19.4 Å². The highest BCUT2D eigenvalue weighted by atomic mass is 16.2. The molecule has 2 unspecified atom stereocenters. The van der Waals surface area contributed by atoms with Crippen molar-refractivity contribution in [3.63, 3.8) is 0 Å². The number of hydrogen-bond acceptors (Lipinski definition) is 2. The van der Waals surface area contributed by atoms with Gasteiger partial charge >= 0.3 is 0 Å². The second-order valence-electron chi connectivity index (χ2n) is 5.29. The van der Waals surface area contributed by atoms with Crippen LogP contribution in [0.15, 0.2) is 0 Å². The SMILES string of the molecule is CC(C1CC1)N1CC(=O)N2CCCC2C1=O. The van der Waals surface area contributed by atoms with E-state index >= 15 is 0 Å². The van der Waals surface area contributed by atoms with Crippen molar-refractivity contribution in [2.24, 2.45) is 5.92 Å². The molecule has 2 aliphatic heterocycles. The minimum absolute atomic E-state index is 0.137. The minimum atomic E-state index is -0.137. The molecule has 1 aliphatic carbocycles. The zero-order chi connectivity index (χ0) is 11.3. The molecule has 88 valence electrons. The van der Waals surface area contributed by atoms with Crippen molar-refractivity contribution in [2.45, 2.75) is 44.7 Å². The monoisotopic (exact) mass is 222 g/mol. The average molecular weight is 222 g/mol. The maximum Gasteiger partial charge on any atom is 0.246 e. The zero-order valence-electron chi connectivity index (χ0n) is 9.69. The van der Waals surface area contributed by atoms with E-state index in [4.69, 9.17) is 0 Å². The van der Waals surface area contributed by atoms with E-state index in [1.54, 1.807) is 4.90 Å². The lowest BCUT2D eigenvalue weighted by Crippen LogP contribution is -2.59. The van der Waals surface area contributed by atoms with Gasteiger partial charge in [0.15, 0.2) is 0 Å². The third-order valence-corrected chi connectivity index (χ3v) is 4.24. The van der Waals surface area contributed by atoms with Crippen LogP contribution in [0.5, 0.6) is 0 Å². The molecule has 0 aromatic heterocycles. The number of carbonyl (C=O) groups excluding carboxylic acids is 2. The first-order valence-electron chi connectivity index (χ1n) is 6.28. The Morgan fingerprint density at radius 1 is 1.25 bits per heavy atom. The molecule has 2 atom stereocenters. The lowest BCUT2D eigenvalue weighted by atomic mass is 10.1. The molecule has 0 radical (unpaired) electrons. The van der Waals surface area contributed by atoms with Gasteiger partial charge in [0.05, 0.1) is 0 Å². The standard InChI is InChI=1S/C12H18N2O2/c1-8(9-4-5-9)14-7-11(15)13-6-2-3-10(13)12(14)16/h8-10H,2-7H2,1H3. The van der Waals surface area contributed by atoms with Gasteiger partial charge in [-0.05, 0) is 38.5 Å². The molecule has 0 aromatic rings. The number of hydrogen-bond donors (Lipinski definition) is 0. The van der Waals surface area contributed by atoms with Crippen molar-refractivity contribution >= 4 is 11.8 Å². The number of fused-ring (bicyclic) bond motifs is 1. The molecule has 16 heavy (non-hydrogen) atoms. The van der Waals surface area contributed by atoms with Crippen LogP contribution in [-0.4, -0.2) is 46.8 Å². The molecular formula is C12H18N2O2.